The van der Waals surface area contributed by atoms with Crippen molar-refractivity contribution in [3.05, 3.63) is 36.2 Å². The summed E-state index contributed by atoms with van der Waals surface area (Å²) in [5, 5.41) is 9.34. The van der Waals surface area contributed by atoms with Gasteiger partial charge < -0.3 is 18.6 Å². The van der Waals surface area contributed by atoms with E-state index in [1.165, 1.54) is 5.69 Å². The molecule has 1 aliphatic rings. The van der Waals surface area contributed by atoms with Crippen LogP contribution < -0.4 is 9.47 Å². The van der Waals surface area contributed by atoms with Crippen molar-refractivity contribution in [3.63, 3.8) is 0 Å². The SMILES string of the molecule is CC1CN(c2ccc(N(/C(=C\C#N)O[Si](C)(C)C)[Si](C)(C)C)cc2)CC(C)O1. The Bertz CT molecular complexity index is 720. The normalized spacial score (nSPS) is 21.2. The first-order valence-corrected chi connectivity index (χ1v) is 16.9. The zero-order valence-electron chi connectivity index (χ0n) is 18.6. The molecule has 2 unspecified atom stereocenters. The van der Waals surface area contributed by atoms with E-state index in [0.717, 1.165) is 18.8 Å². The van der Waals surface area contributed by atoms with E-state index in [1.807, 2.05) is 0 Å². The summed E-state index contributed by atoms with van der Waals surface area (Å²) in [5.41, 5.74) is 2.29. The highest BCUT2D eigenvalue weighted by molar-refractivity contribution is 6.80. The first-order chi connectivity index (χ1) is 12.9. The Morgan fingerprint density at radius 2 is 1.64 bits per heavy atom. The molecule has 2 rings (SSSR count). The summed E-state index contributed by atoms with van der Waals surface area (Å²) in [6, 6.07) is 10.8. The Kier molecular flexibility index (Phi) is 7.02. The van der Waals surface area contributed by atoms with Gasteiger partial charge in [-0.1, -0.05) is 19.6 Å². The van der Waals surface area contributed by atoms with Crippen molar-refractivity contribution in [2.45, 2.75) is 65.3 Å². The summed E-state index contributed by atoms with van der Waals surface area (Å²) in [6.07, 6.45) is 2.02. The lowest BCUT2D eigenvalue weighted by Crippen LogP contribution is -2.48. The molecular weight excluding hydrogens is 382 g/mol. The van der Waals surface area contributed by atoms with Gasteiger partial charge in [0.05, 0.1) is 24.4 Å². The Balaban J connectivity index is 2.35. The first-order valence-electron chi connectivity index (χ1n) is 10.0. The zero-order chi connectivity index (χ0) is 21.1. The van der Waals surface area contributed by atoms with Crippen molar-refractivity contribution in [2.75, 3.05) is 22.6 Å². The van der Waals surface area contributed by atoms with Crippen LogP contribution in [0.5, 0.6) is 0 Å². The molecule has 5 nitrogen and oxygen atoms in total. The summed E-state index contributed by atoms with van der Waals surface area (Å²) < 4.78 is 14.4. The van der Waals surface area contributed by atoms with E-state index in [9.17, 15) is 5.26 Å². The molecule has 0 radical (unpaired) electrons. The summed E-state index contributed by atoms with van der Waals surface area (Å²) >= 11 is 0. The largest absolute Gasteiger partial charge is 0.533 e. The van der Waals surface area contributed by atoms with Crippen LogP contribution in [0.1, 0.15) is 13.8 Å². The summed E-state index contributed by atoms with van der Waals surface area (Å²) in [4.78, 5) is 2.38. The number of hydrogen-bond acceptors (Lipinski definition) is 5. The molecule has 1 saturated heterocycles. The van der Waals surface area contributed by atoms with Crippen LogP contribution in [0.15, 0.2) is 36.2 Å². The van der Waals surface area contributed by atoms with Gasteiger partial charge in [0.25, 0.3) is 0 Å². The van der Waals surface area contributed by atoms with Crippen LogP contribution in [0.3, 0.4) is 0 Å². The quantitative estimate of drug-likeness (QED) is 0.363. The van der Waals surface area contributed by atoms with Crippen LogP contribution in [-0.4, -0.2) is 41.9 Å². The number of ether oxygens (including phenoxy) is 1. The van der Waals surface area contributed by atoms with Crippen molar-refractivity contribution in [1.82, 2.24) is 0 Å². The van der Waals surface area contributed by atoms with Gasteiger partial charge in [0.1, 0.15) is 0 Å². The fraction of sp³-hybridized carbons (Fsp3) is 0.571. The highest BCUT2D eigenvalue weighted by Crippen LogP contribution is 2.31. The topological polar surface area (TPSA) is 48.7 Å². The number of nitriles is 1. The molecule has 1 aromatic carbocycles. The number of rotatable bonds is 6. The van der Waals surface area contributed by atoms with Gasteiger partial charge >= 0.3 is 0 Å². The van der Waals surface area contributed by atoms with Crippen LogP contribution in [0.25, 0.3) is 0 Å². The fourth-order valence-corrected chi connectivity index (χ4v) is 6.12. The predicted molar refractivity (Wildman–Crippen MR) is 123 cm³/mol. The maximum Gasteiger partial charge on any atom is 0.244 e. The lowest BCUT2D eigenvalue weighted by Gasteiger charge is -2.40. The molecule has 154 valence electrons. The average molecular weight is 418 g/mol. The summed E-state index contributed by atoms with van der Waals surface area (Å²) in [6.45, 7) is 19.3. The van der Waals surface area contributed by atoms with Gasteiger partial charge in [0.2, 0.25) is 8.32 Å². The van der Waals surface area contributed by atoms with Gasteiger partial charge in [-0.3, -0.25) is 0 Å². The van der Waals surface area contributed by atoms with Gasteiger partial charge in [-0.05, 0) is 57.8 Å². The Morgan fingerprint density at radius 1 is 1.11 bits per heavy atom. The average Bonchev–Trinajstić information content (AvgIpc) is 2.52. The standard InChI is InChI=1S/C21H35N3O2Si2/c1-17-15-23(16-18(2)25-17)19-9-11-20(12-10-19)24(27(3,4)5)21(13-14-22)26-28(6,7)8/h9-13,17-18H,15-16H2,1-8H3/b21-13+. The van der Waals surface area contributed by atoms with Crippen molar-refractivity contribution < 1.29 is 9.16 Å². The minimum absolute atomic E-state index is 0.234. The minimum Gasteiger partial charge on any atom is -0.533 e. The number of hydrogen-bond donors (Lipinski definition) is 0. The second-order valence-corrected chi connectivity index (χ2v) is 18.7. The molecule has 0 aromatic heterocycles. The fourth-order valence-electron chi connectivity index (χ4n) is 3.55. The van der Waals surface area contributed by atoms with Gasteiger partial charge in [0.15, 0.2) is 14.1 Å². The second-order valence-electron chi connectivity index (χ2n) is 9.51. The molecule has 7 heteroatoms. The van der Waals surface area contributed by atoms with E-state index >= 15 is 0 Å². The monoisotopic (exact) mass is 417 g/mol. The maximum absolute atomic E-state index is 9.34. The molecule has 0 saturated carbocycles. The van der Waals surface area contributed by atoms with Crippen LogP contribution in [0.2, 0.25) is 39.3 Å². The van der Waals surface area contributed by atoms with Crippen molar-refractivity contribution >= 4 is 27.9 Å². The molecule has 1 fully saturated rings. The van der Waals surface area contributed by atoms with E-state index in [1.54, 1.807) is 6.08 Å². The molecular formula is C21H35N3O2Si2. The third kappa shape index (κ3) is 6.13. The van der Waals surface area contributed by atoms with Gasteiger partial charge in [0, 0.05) is 24.5 Å². The molecule has 2 atom stereocenters. The number of anilines is 2. The van der Waals surface area contributed by atoms with Crippen molar-refractivity contribution in [2.24, 2.45) is 0 Å². The van der Waals surface area contributed by atoms with E-state index in [-0.39, 0.29) is 12.2 Å². The van der Waals surface area contributed by atoms with Gasteiger partial charge in [-0.15, -0.1) is 0 Å². The van der Waals surface area contributed by atoms with Crippen LogP contribution >= 0.6 is 0 Å². The molecule has 28 heavy (non-hydrogen) atoms. The highest BCUT2D eigenvalue weighted by atomic mass is 28.4. The number of benzene rings is 1. The second kappa shape index (κ2) is 8.72. The van der Waals surface area contributed by atoms with Crippen LogP contribution in [0.4, 0.5) is 11.4 Å². The Morgan fingerprint density at radius 3 is 2.07 bits per heavy atom. The molecule has 0 N–H and O–H groups in total. The van der Waals surface area contributed by atoms with E-state index in [0.29, 0.717) is 5.88 Å². The molecule has 0 amide bonds. The van der Waals surface area contributed by atoms with Crippen LogP contribution in [0, 0.1) is 11.3 Å². The Labute approximate surface area is 172 Å². The molecule has 0 spiro atoms. The number of nitrogens with zero attached hydrogens (tertiary/aromatic N) is 3. The Hall–Kier alpha value is -1.76. The molecule has 1 heterocycles. The smallest absolute Gasteiger partial charge is 0.244 e. The van der Waals surface area contributed by atoms with E-state index < -0.39 is 16.6 Å². The lowest BCUT2D eigenvalue weighted by atomic mass is 10.2. The van der Waals surface area contributed by atoms with Gasteiger partial charge in [-0.2, -0.15) is 5.26 Å². The number of allylic oxidation sites excluding steroid dienone is 1. The maximum atomic E-state index is 9.34. The molecule has 1 aliphatic heterocycles. The molecule has 0 aliphatic carbocycles. The van der Waals surface area contributed by atoms with Crippen molar-refractivity contribution in [3.8, 4) is 6.07 Å². The van der Waals surface area contributed by atoms with E-state index in [2.05, 4.69) is 92.9 Å². The minimum atomic E-state index is -1.85. The first kappa shape index (κ1) is 22.5. The third-order valence-corrected chi connectivity index (χ3v) is 7.02. The van der Waals surface area contributed by atoms with E-state index in [4.69, 9.17) is 9.16 Å². The van der Waals surface area contributed by atoms with Crippen LogP contribution in [-0.2, 0) is 9.16 Å². The van der Waals surface area contributed by atoms with Gasteiger partial charge in [-0.25, -0.2) is 0 Å². The van der Waals surface area contributed by atoms with Crippen molar-refractivity contribution in [1.29, 1.82) is 5.26 Å². The zero-order valence-corrected chi connectivity index (χ0v) is 20.6. The lowest BCUT2D eigenvalue weighted by molar-refractivity contribution is -0.00521. The third-order valence-electron chi connectivity index (χ3n) is 4.38. The molecule has 0 bridgehead atoms. The predicted octanol–water partition coefficient (Wildman–Crippen LogP) is 5.16. The summed E-state index contributed by atoms with van der Waals surface area (Å²) in [5.74, 6) is 0.683. The number of morpholine rings is 1. The molecule has 1 aromatic rings. The highest BCUT2D eigenvalue weighted by Gasteiger charge is 2.32. The summed E-state index contributed by atoms with van der Waals surface area (Å²) in [7, 11) is -3.67.